The minimum Gasteiger partial charge on any atom is -0.508 e. The molecule has 2 aromatic carbocycles. The van der Waals surface area contributed by atoms with Crippen LogP contribution in [0.2, 0.25) is 0 Å². The summed E-state index contributed by atoms with van der Waals surface area (Å²) < 4.78 is 20.9. The highest BCUT2D eigenvalue weighted by molar-refractivity contribution is 5.94. The summed E-state index contributed by atoms with van der Waals surface area (Å²) in [6.45, 7) is -0.141. The van der Waals surface area contributed by atoms with Gasteiger partial charge >= 0.3 is 5.97 Å². The topological polar surface area (TPSA) is 94.5 Å². The third kappa shape index (κ3) is 2.57. The number of cyclic esters (lactones) is 1. The van der Waals surface area contributed by atoms with Crippen molar-refractivity contribution in [1.29, 1.82) is 0 Å². The Labute approximate surface area is 149 Å². The van der Waals surface area contributed by atoms with E-state index in [1.807, 2.05) is 0 Å². The van der Waals surface area contributed by atoms with Gasteiger partial charge in [0.2, 0.25) is 6.79 Å². The predicted molar refractivity (Wildman–Crippen MR) is 89.7 cm³/mol. The Bertz CT molecular complexity index is 916. The Morgan fingerprint density at radius 3 is 2.54 bits per heavy atom. The maximum Gasteiger partial charge on any atom is 0.338 e. The molecule has 2 heterocycles. The molecule has 2 aliphatic heterocycles. The molecule has 0 aromatic heterocycles. The van der Waals surface area contributed by atoms with Crippen molar-refractivity contribution >= 4 is 5.97 Å². The highest BCUT2D eigenvalue weighted by atomic mass is 16.7. The fraction of sp³-hybridized carbons (Fsp3) is 0.211. The minimum atomic E-state index is -0.755. The number of methoxy groups -OCH3 is 1. The summed E-state index contributed by atoms with van der Waals surface area (Å²) in [6, 6.07) is 10.1. The molecular formula is C19H16O7. The molecule has 0 radical (unpaired) electrons. The average Bonchev–Trinajstić information content (AvgIpc) is 3.23. The first-order valence-electron chi connectivity index (χ1n) is 7.94. The van der Waals surface area contributed by atoms with Crippen LogP contribution in [0.5, 0.6) is 23.0 Å². The van der Waals surface area contributed by atoms with Gasteiger partial charge in [0.25, 0.3) is 0 Å². The number of rotatable bonds is 4. The van der Waals surface area contributed by atoms with Crippen LogP contribution in [0.4, 0.5) is 0 Å². The zero-order chi connectivity index (χ0) is 18.3. The summed E-state index contributed by atoms with van der Waals surface area (Å²) in [7, 11) is 1.53. The van der Waals surface area contributed by atoms with Crippen LogP contribution in [-0.4, -0.2) is 36.7 Å². The van der Waals surface area contributed by atoms with Crippen molar-refractivity contribution < 1.29 is 34.0 Å². The lowest BCUT2D eigenvalue weighted by Gasteiger charge is -2.20. The van der Waals surface area contributed by atoms with Gasteiger partial charge in [-0.2, -0.15) is 0 Å². The van der Waals surface area contributed by atoms with E-state index in [1.165, 1.54) is 13.2 Å². The van der Waals surface area contributed by atoms with Crippen LogP contribution in [0.1, 0.15) is 17.0 Å². The molecule has 0 saturated carbocycles. The molecule has 134 valence electrons. The number of ether oxygens (including phenoxy) is 4. The SMILES string of the molecule is COc1cccc(C(C2=C(O)COC2=O)c2cc3c(cc2O)OCO3)c1. The number of fused-ring (bicyclic) bond motifs is 1. The van der Waals surface area contributed by atoms with E-state index in [2.05, 4.69) is 0 Å². The van der Waals surface area contributed by atoms with E-state index in [9.17, 15) is 15.0 Å². The Balaban J connectivity index is 1.92. The lowest BCUT2D eigenvalue weighted by Crippen LogP contribution is -2.12. The van der Waals surface area contributed by atoms with E-state index in [4.69, 9.17) is 18.9 Å². The zero-order valence-electron chi connectivity index (χ0n) is 13.9. The Morgan fingerprint density at radius 1 is 1.08 bits per heavy atom. The van der Waals surface area contributed by atoms with Gasteiger partial charge in [-0.25, -0.2) is 4.79 Å². The maximum atomic E-state index is 12.3. The zero-order valence-corrected chi connectivity index (χ0v) is 13.9. The molecule has 0 amide bonds. The number of esters is 1. The molecule has 2 aliphatic rings. The predicted octanol–water partition coefficient (Wildman–Crippen LogP) is 2.63. The molecule has 26 heavy (non-hydrogen) atoms. The van der Waals surface area contributed by atoms with Crippen LogP contribution in [0.3, 0.4) is 0 Å². The summed E-state index contributed by atoms with van der Waals surface area (Å²) in [5, 5.41) is 20.8. The number of aliphatic hydroxyl groups excluding tert-OH is 1. The van der Waals surface area contributed by atoms with Crippen LogP contribution in [0, 0.1) is 0 Å². The van der Waals surface area contributed by atoms with Crippen molar-refractivity contribution in [2.45, 2.75) is 5.92 Å². The van der Waals surface area contributed by atoms with Gasteiger partial charge in [0.15, 0.2) is 11.5 Å². The van der Waals surface area contributed by atoms with Crippen LogP contribution >= 0.6 is 0 Å². The van der Waals surface area contributed by atoms with Gasteiger partial charge < -0.3 is 29.2 Å². The number of hydrogen-bond donors (Lipinski definition) is 2. The number of benzene rings is 2. The molecule has 0 fully saturated rings. The van der Waals surface area contributed by atoms with Crippen molar-refractivity contribution in [3.05, 3.63) is 58.9 Å². The van der Waals surface area contributed by atoms with E-state index >= 15 is 0 Å². The summed E-state index contributed by atoms with van der Waals surface area (Å²) in [6.07, 6.45) is 0. The highest BCUT2D eigenvalue weighted by Crippen LogP contribution is 2.46. The number of phenolic OH excluding ortho intramolecular Hbond substituents is 1. The Morgan fingerprint density at radius 2 is 1.85 bits per heavy atom. The third-order valence-electron chi connectivity index (χ3n) is 4.42. The molecule has 7 nitrogen and oxygen atoms in total. The van der Waals surface area contributed by atoms with Crippen molar-refractivity contribution in [1.82, 2.24) is 0 Å². The first-order chi connectivity index (χ1) is 12.6. The Hall–Kier alpha value is -3.35. The average molecular weight is 356 g/mol. The fourth-order valence-corrected chi connectivity index (χ4v) is 3.19. The van der Waals surface area contributed by atoms with Gasteiger partial charge in [0.1, 0.15) is 23.9 Å². The first-order valence-corrected chi connectivity index (χ1v) is 7.94. The van der Waals surface area contributed by atoms with E-state index < -0.39 is 11.9 Å². The number of phenols is 1. The summed E-state index contributed by atoms with van der Waals surface area (Å²) >= 11 is 0. The second-order valence-corrected chi connectivity index (χ2v) is 5.91. The second kappa shape index (κ2) is 6.18. The molecule has 0 bridgehead atoms. The molecule has 4 rings (SSSR count). The van der Waals surface area contributed by atoms with Gasteiger partial charge in [-0.05, 0) is 23.8 Å². The lowest BCUT2D eigenvalue weighted by molar-refractivity contribution is -0.136. The summed E-state index contributed by atoms with van der Waals surface area (Å²) in [5.74, 6) is -0.178. The van der Waals surface area contributed by atoms with Crippen molar-refractivity contribution in [3.63, 3.8) is 0 Å². The van der Waals surface area contributed by atoms with E-state index in [1.54, 1.807) is 30.3 Å². The standard InChI is InChI=1S/C19H16O7/c1-23-11-4-2-3-10(5-11)17(18-14(21)8-24-19(18)22)12-6-15-16(7-13(12)20)26-9-25-15/h2-7,17,20-21H,8-9H2,1H3. The molecule has 0 saturated heterocycles. The minimum absolute atomic E-state index is 0.0536. The van der Waals surface area contributed by atoms with Crippen molar-refractivity contribution in [2.75, 3.05) is 20.5 Å². The normalized spacial score (nSPS) is 16.6. The monoisotopic (exact) mass is 356 g/mol. The molecule has 2 N–H and O–H groups in total. The molecule has 0 aliphatic carbocycles. The third-order valence-corrected chi connectivity index (χ3v) is 4.42. The molecule has 7 heteroatoms. The van der Waals surface area contributed by atoms with Crippen LogP contribution < -0.4 is 14.2 Å². The van der Waals surface area contributed by atoms with Gasteiger partial charge in [-0.15, -0.1) is 0 Å². The fourth-order valence-electron chi connectivity index (χ4n) is 3.19. The number of hydrogen-bond acceptors (Lipinski definition) is 7. The van der Waals surface area contributed by atoms with Gasteiger partial charge in [0.05, 0.1) is 12.7 Å². The lowest BCUT2D eigenvalue weighted by atomic mass is 9.83. The molecule has 0 spiro atoms. The number of aromatic hydroxyl groups is 1. The number of aliphatic hydroxyl groups is 1. The van der Waals surface area contributed by atoms with Crippen molar-refractivity contribution in [3.8, 4) is 23.0 Å². The second-order valence-electron chi connectivity index (χ2n) is 5.91. The van der Waals surface area contributed by atoms with Crippen molar-refractivity contribution in [2.24, 2.45) is 0 Å². The smallest absolute Gasteiger partial charge is 0.338 e. The van der Waals surface area contributed by atoms with Gasteiger partial charge in [-0.1, -0.05) is 12.1 Å². The highest BCUT2D eigenvalue weighted by Gasteiger charge is 2.36. The quantitative estimate of drug-likeness (QED) is 0.813. The van der Waals surface area contributed by atoms with E-state index in [-0.39, 0.29) is 30.5 Å². The molecule has 1 atom stereocenters. The maximum absolute atomic E-state index is 12.3. The van der Waals surface area contributed by atoms with Crippen LogP contribution in [0.15, 0.2) is 47.7 Å². The van der Waals surface area contributed by atoms with E-state index in [0.29, 0.717) is 28.4 Å². The summed E-state index contributed by atoms with van der Waals surface area (Å²) in [5.41, 5.74) is 1.12. The summed E-state index contributed by atoms with van der Waals surface area (Å²) in [4.78, 5) is 12.3. The van der Waals surface area contributed by atoms with Gasteiger partial charge in [0, 0.05) is 17.5 Å². The number of carbonyl (C=O) groups excluding carboxylic acids is 1. The molecule has 2 aromatic rings. The molecule has 1 unspecified atom stereocenters. The van der Waals surface area contributed by atoms with Crippen LogP contribution in [0.25, 0.3) is 0 Å². The number of carbonyl (C=O) groups is 1. The van der Waals surface area contributed by atoms with Gasteiger partial charge in [-0.3, -0.25) is 0 Å². The van der Waals surface area contributed by atoms with Crippen LogP contribution in [-0.2, 0) is 9.53 Å². The first kappa shape index (κ1) is 16.1. The largest absolute Gasteiger partial charge is 0.508 e. The molecular weight excluding hydrogens is 340 g/mol. The Kier molecular flexibility index (Phi) is 3.84. The van der Waals surface area contributed by atoms with E-state index in [0.717, 1.165) is 0 Å².